The SMILES string of the molecule is CCOc1ccc(NC(=O)[C@H]2[C@@H]3OC4(CC3Br)C(C(=O)Nc3ccc5ccccc5c3)N(CCCCCCO)C(=O)[C@H]24)cc1. The number of benzene rings is 3. The third-order valence-corrected chi connectivity index (χ3v) is 9.94. The predicted octanol–water partition coefficient (Wildman–Crippen LogP) is 5.12. The lowest BCUT2D eigenvalue weighted by atomic mass is 9.70. The van der Waals surface area contributed by atoms with Crippen molar-refractivity contribution in [3.8, 4) is 5.75 Å². The van der Waals surface area contributed by atoms with Crippen LogP contribution >= 0.6 is 15.9 Å². The number of likely N-dealkylation sites (tertiary alicyclic amines) is 1. The number of aliphatic hydroxyl groups is 1. The third kappa shape index (κ3) is 5.59. The van der Waals surface area contributed by atoms with Crippen molar-refractivity contribution in [3.63, 3.8) is 0 Å². The molecule has 3 aliphatic rings. The van der Waals surface area contributed by atoms with Gasteiger partial charge < -0.3 is 30.1 Å². The maximum absolute atomic E-state index is 14.2. The van der Waals surface area contributed by atoms with Crippen LogP contribution in [0.25, 0.3) is 10.8 Å². The molecule has 0 aromatic heterocycles. The quantitative estimate of drug-likeness (QED) is 0.183. The Labute approximate surface area is 265 Å². The van der Waals surface area contributed by atoms with E-state index < -0.39 is 29.6 Å². The van der Waals surface area contributed by atoms with Crippen molar-refractivity contribution in [2.24, 2.45) is 11.8 Å². The number of ether oxygens (including phenoxy) is 2. The molecule has 3 N–H and O–H groups in total. The number of hydrogen-bond acceptors (Lipinski definition) is 6. The zero-order chi connectivity index (χ0) is 30.8. The van der Waals surface area contributed by atoms with Gasteiger partial charge in [0.25, 0.3) is 0 Å². The molecule has 3 unspecified atom stereocenters. The number of anilines is 2. The Bertz CT molecular complexity index is 1530. The molecule has 3 saturated heterocycles. The average molecular weight is 665 g/mol. The van der Waals surface area contributed by atoms with Gasteiger partial charge in [0.15, 0.2) is 0 Å². The van der Waals surface area contributed by atoms with Crippen molar-refractivity contribution in [3.05, 3.63) is 66.7 Å². The first-order chi connectivity index (χ1) is 21.4. The van der Waals surface area contributed by atoms with Crippen molar-refractivity contribution in [2.45, 2.75) is 61.6 Å². The smallest absolute Gasteiger partial charge is 0.250 e. The van der Waals surface area contributed by atoms with Gasteiger partial charge >= 0.3 is 0 Å². The van der Waals surface area contributed by atoms with Gasteiger partial charge in [0.05, 0.1) is 24.5 Å². The maximum Gasteiger partial charge on any atom is 0.250 e. The summed E-state index contributed by atoms with van der Waals surface area (Å²) < 4.78 is 12.1. The summed E-state index contributed by atoms with van der Waals surface area (Å²) in [7, 11) is 0. The molecule has 10 heteroatoms. The fourth-order valence-corrected chi connectivity index (χ4v) is 8.16. The maximum atomic E-state index is 14.2. The Balaban J connectivity index is 1.28. The lowest BCUT2D eigenvalue weighted by Crippen LogP contribution is -2.54. The molecule has 44 heavy (non-hydrogen) atoms. The molecule has 0 aliphatic carbocycles. The number of unbranched alkanes of at least 4 members (excludes halogenated alkanes) is 3. The van der Waals surface area contributed by atoms with Crippen molar-refractivity contribution < 1.29 is 29.0 Å². The number of aliphatic hydroxyl groups excluding tert-OH is 1. The molecule has 3 aromatic carbocycles. The number of nitrogens with one attached hydrogen (secondary N) is 2. The number of halogens is 1. The monoisotopic (exact) mass is 663 g/mol. The van der Waals surface area contributed by atoms with Crippen LogP contribution in [0.5, 0.6) is 5.75 Å². The summed E-state index contributed by atoms with van der Waals surface area (Å²) in [4.78, 5) is 43.7. The van der Waals surface area contributed by atoms with Gasteiger partial charge in [-0.15, -0.1) is 0 Å². The minimum Gasteiger partial charge on any atom is -0.494 e. The summed E-state index contributed by atoms with van der Waals surface area (Å²) in [6.07, 6.45) is 2.91. The van der Waals surface area contributed by atoms with Gasteiger partial charge in [-0.1, -0.05) is 59.1 Å². The van der Waals surface area contributed by atoms with Crippen molar-refractivity contribution >= 4 is 55.8 Å². The average Bonchev–Trinajstić information content (AvgIpc) is 3.61. The number of amides is 3. The van der Waals surface area contributed by atoms with E-state index >= 15 is 0 Å². The highest BCUT2D eigenvalue weighted by Gasteiger charge is 2.76. The summed E-state index contributed by atoms with van der Waals surface area (Å²) in [6.45, 7) is 2.94. The zero-order valence-corrected chi connectivity index (χ0v) is 26.3. The Morgan fingerprint density at radius 2 is 1.68 bits per heavy atom. The highest BCUT2D eigenvalue weighted by Crippen LogP contribution is 2.60. The summed E-state index contributed by atoms with van der Waals surface area (Å²) in [5.41, 5.74) is 0.0952. The van der Waals surface area contributed by atoms with E-state index in [2.05, 4.69) is 26.6 Å². The van der Waals surface area contributed by atoms with Crippen LogP contribution in [0.3, 0.4) is 0 Å². The first-order valence-electron chi connectivity index (χ1n) is 15.4. The largest absolute Gasteiger partial charge is 0.494 e. The van der Waals surface area contributed by atoms with Gasteiger partial charge in [0.1, 0.15) is 17.4 Å². The molecule has 6 rings (SSSR count). The molecule has 3 amide bonds. The second-order valence-electron chi connectivity index (χ2n) is 11.8. The molecule has 1 spiro atoms. The van der Waals surface area contributed by atoms with Crippen LogP contribution in [0.1, 0.15) is 39.0 Å². The van der Waals surface area contributed by atoms with Crippen LogP contribution in [-0.2, 0) is 19.1 Å². The highest BCUT2D eigenvalue weighted by molar-refractivity contribution is 9.09. The van der Waals surface area contributed by atoms with Crippen LogP contribution in [0.2, 0.25) is 0 Å². The van der Waals surface area contributed by atoms with Gasteiger partial charge in [-0.25, -0.2) is 0 Å². The first-order valence-corrected chi connectivity index (χ1v) is 16.3. The van der Waals surface area contributed by atoms with Gasteiger partial charge in [-0.05, 0) is 73.4 Å². The molecule has 9 nitrogen and oxygen atoms in total. The molecule has 3 heterocycles. The number of carbonyl (C=O) groups is 3. The number of alkyl halides is 1. The number of nitrogens with zero attached hydrogens (tertiary/aromatic N) is 1. The highest BCUT2D eigenvalue weighted by atomic mass is 79.9. The number of rotatable bonds is 12. The fraction of sp³-hybridized carbons (Fsp3) is 0.441. The van der Waals surface area contributed by atoms with Crippen LogP contribution in [-0.4, -0.2) is 70.1 Å². The van der Waals surface area contributed by atoms with Crippen molar-refractivity contribution in [2.75, 3.05) is 30.4 Å². The van der Waals surface area contributed by atoms with E-state index in [0.717, 1.165) is 23.6 Å². The Morgan fingerprint density at radius 3 is 2.43 bits per heavy atom. The number of hydrogen-bond donors (Lipinski definition) is 3. The molecule has 6 atom stereocenters. The van der Waals surface area contributed by atoms with Crippen molar-refractivity contribution in [1.82, 2.24) is 4.90 Å². The van der Waals surface area contributed by atoms with E-state index in [-0.39, 0.29) is 29.2 Å². The molecular weight excluding hydrogens is 626 g/mol. The topological polar surface area (TPSA) is 117 Å². The molecule has 3 aliphatic heterocycles. The minimum absolute atomic E-state index is 0.123. The molecule has 232 valence electrons. The summed E-state index contributed by atoms with van der Waals surface area (Å²) in [6, 6.07) is 19.9. The van der Waals surface area contributed by atoms with Crippen LogP contribution in [0.15, 0.2) is 66.7 Å². The lowest BCUT2D eigenvalue weighted by molar-refractivity contribution is -0.139. The zero-order valence-electron chi connectivity index (χ0n) is 24.7. The number of fused-ring (bicyclic) bond motifs is 2. The third-order valence-electron chi connectivity index (χ3n) is 9.10. The fourth-order valence-electron chi connectivity index (χ4n) is 7.22. The summed E-state index contributed by atoms with van der Waals surface area (Å²) in [5.74, 6) is -1.69. The summed E-state index contributed by atoms with van der Waals surface area (Å²) >= 11 is 3.73. The van der Waals surface area contributed by atoms with E-state index in [1.54, 1.807) is 29.2 Å². The lowest BCUT2D eigenvalue weighted by Gasteiger charge is -2.34. The Kier molecular flexibility index (Phi) is 8.94. The van der Waals surface area contributed by atoms with Crippen LogP contribution < -0.4 is 15.4 Å². The molecule has 0 radical (unpaired) electrons. The molecule has 3 fully saturated rings. The van der Waals surface area contributed by atoms with E-state index in [9.17, 15) is 19.5 Å². The molecular formula is C34H38BrN3O6. The summed E-state index contributed by atoms with van der Waals surface area (Å²) in [5, 5.41) is 17.3. The molecule has 3 aromatic rings. The van der Waals surface area contributed by atoms with E-state index in [1.165, 1.54) is 0 Å². The predicted molar refractivity (Wildman–Crippen MR) is 172 cm³/mol. The molecule has 2 bridgehead atoms. The van der Waals surface area contributed by atoms with E-state index in [4.69, 9.17) is 9.47 Å². The first kappa shape index (κ1) is 30.6. The second kappa shape index (κ2) is 12.9. The van der Waals surface area contributed by atoms with Crippen LogP contribution in [0.4, 0.5) is 11.4 Å². The standard InChI is InChI=1S/C34H38BrN3O6/c1-2-43-25-15-13-23(14-16-25)36-31(40)27-28-33(42)38(17-7-3-4-8-18-39)30(34(28)20-26(35)29(27)44-34)32(41)37-24-12-11-21-9-5-6-10-22(21)19-24/h5-6,9-16,19,26-30,39H,2-4,7-8,17-18,20H2,1H3,(H,36,40)(H,37,41)/t26?,27-,28+,29-,30?,34?/m1/s1. The Hall–Kier alpha value is -3.47. The van der Waals surface area contributed by atoms with E-state index in [0.29, 0.717) is 49.5 Å². The van der Waals surface area contributed by atoms with E-state index in [1.807, 2.05) is 49.4 Å². The van der Waals surface area contributed by atoms with Crippen LogP contribution in [0, 0.1) is 11.8 Å². The molecule has 0 saturated carbocycles. The van der Waals surface area contributed by atoms with Gasteiger partial charge in [0, 0.05) is 29.4 Å². The van der Waals surface area contributed by atoms with Gasteiger partial charge in [0.2, 0.25) is 17.7 Å². The van der Waals surface area contributed by atoms with Gasteiger partial charge in [-0.2, -0.15) is 0 Å². The van der Waals surface area contributed by atoms with Crippen molar-refractivity contribution in [1.29, 1.82) is 0 Å². The second-order valence-corrected chi connectivity index (χ2v) is 13.0. The minimum atomic E-state index is -1.14. The Morgan fingerprint density at radius 1 is 0.977 bits per heavy atom. The van der Waals surface area contributed by atoms with Gasteiger partial charge in [-0.3, -0.25) is 14.4 Å². The normalized spacial score (nSPS) is 27.0. The number of carbonyl (C=O) groups excluding carboxylic acids is 3.